The van der Waals surface area contributed by atoms with E-state index in [1.54, 1.807) is 6.08 Å². The Morgan fingerprint density at radius 2 is 1.26 bits per heavy atom. The number of rotatable bonds is 8. The van der Waals surface area contributed by atoms with E-state index in [1.165, 1.54) is 0 Å². The highest BCUT2D eigenvalue weighted by atomic mass is 27.0. The van der Waals surface area contributed by atoms with Crippen molar-refractivity contribution in [2.45, 2.75) is 53.4 Å². The minimum atomic E-state index is -0.883. The average Bonchev–Trinajstić information content (AvgIpc) is 3.59. The van der Waals surface area contributed by atoms with Crippen LogP contribution in [0, 0.1) is 13.8 Å². The normalized spacial score (nSPS) is 12.7. The van der Waals surface area contributed by atoms with E-state index in [0.29, 0.717) is 18.5 Å². The van der Waals surface area contributed by atoms with Crippen LogP contribution >= 0.6 is 0 Å². The number of nitrogens with one attached hydrogen (secondary N) is 2. The van der Waals surface area contributed by atoms with E-state index in [4.69, 9.17) is 9.97 Å². The lowest BCUT2D eigenvalue weighted by atomic mass is 10.0. The quantitative estimate of drug-likeness (QED) is 0.226. The van der Waals surface area contributed by atoms with Gasteiger partial charge in [-0.3, -0.25) is 9.59 Å². The number of aryl methyl sites for hydroxylation is 3. The first kappa shape index (κ1) is 31.5. The summed E-state index contributed by atoms with van der Waals surface area (Å²) in [7, 11) is 0. The molecule has 3 aromatic rings. The lowest BCUT2D eigenvalue weighted by Gasteiger charge is -2.03. The second-order valence-corrected chi connectivity index (χ2v) is 10.7. The molecular weight excluding hydrogens is 555 g/mol. The molecule has 43 heavy (non-hydrogen) atoms. The second kappa shape index (κ2) is 12.4. The largest absolute Gasteiger partial charge is 0.481 e. The highest BCUT2D eigenvalue weighted by molar-refractivity contribution is 5.98. The van der Waals surface area contributed by atoms with Crippen LogP contribution in [0.25, 0.3) is 50.4 Å². The van der Waals surface area contributed by atoms with E-state index >= 15 is 0 Å². The van der Waals surface area contributed by atoms with Crippen LogP contribution in [-0.4, -0.2) is 59.4 Å². The van der Waals surface area contributed by atoms with Gasteiger partial charge in [0.15, 0.2) is 17.4 Å². The number of allylic oxidation sites excluding steroid dienone is 5. The standard InChI is InChI=1S/C34H34N4O4.Al.3H/c1-7-21-17(3)25-13-26-19(5)23(9-11-33(39)40)31(37-26)16-32-24(10-12-34(41)42)20(6)28(38-32)15-30-22(8-2)18(4)27(36-30)14-29(21)35-25;;;;/h7-8,13-16,35,38H,1-2,9-12H2,3-6H3,(H,39,40)(H,41,42);;;;. The molecule has 0 aromatic carbocycles. The Balaban J connectivity index is 0.00000423. The Hall–Kier alpha value is -4.45. The van der Waals surface area contributed by atoms with Crippen LogP contribution in [0.5, 0.6) is 0 Å². The summed E-state index contributed by atoms with van der Waals surface area (Å²) in [5.74, 6) is -1.76. The number of aromatic nitrogens is 4. The lowest BCUT2D eigenvalue weighted by Crippen LogP contribution is -1.98. The van der Waals surface area contributed by atoms with Crippen molar-refractivity contribution in [3.05, 3.63) is 88.5 Å². The van der Waals surface area contributed by atoms with Gasteiger partial charge < -0.3 is 20.2 Å². The van der Waals surface area contributed by atoms with Crippen LogP contribution in [0.15, 0.2) is 43.5 Å². The van der Waals surface area contributed by atoms with Crippen molar-refractivity contribution < 1.29 is 19.8 Å². The Kier molecular flexibility index (Phi) is 9.10. The summed E-state index contributed by atoms with van der Waals surface area (Å²) >= 11 is 0. The van der Waals surface area contributed by atoms with Crippen molar-refractivity contribution >= 4 is 79.7 Å². The van der Waals surface area contributed by atoms with Crippen molar-refractivity contribution in [1.29, 1.82) is 0 Å². The number of H-pyrrole nitrogens is 2. The molecule has 0 atom stereocenters. The van der Waals surface area contributed by atoms with Gasteiger partial charge in [0.1, 0.15) is 0 Å². The Labute approximate surface area is 260 Å². The number of aliphatic carboxylic acids is 2. The number of carboxylic acids is 2. The van der Waals surface area contributed by atoms with Crippen LogP contribution in [0.2, 0.25) is 0 Å². The van der Waals surface area contributed by atoms with Gasteiger partial charge in [0.25, 0.3) is 0 Å². The maximum absolute atomic E-state index is 11.5. The number of carboxylic acid groups (broad SMARTS) is 2. The predicted molar refractivity (Wildman–Crippen MR) is 179 cm³/mol. The molecule has 8 bridgehead atoms. The number of fused-ring (bicyclic) bond motifs is 8. The Bertz CT molecular complexity index is 1920. The minimum absolute atomic E-state index is 0. The predicted octanol–water partition coefficient (Wildman–Crippen LogP) is 6.32. The third kappa shape index (κ3) is 5.92. The molecule has 5 heterocycles. The van der Waals surface area contributed by atoms with Gasteiger partial charge in [-0.15, -0.1) is 0 Å². The number of hydrogen-bond acceptors (Lipinski definition) is 4. The molecule has 0 unspecified atom stereocenters. The molecule has 2 aliphatic heterocycles. The van der Waals surface area contributed by atoms with Gasteiger partial charge in [0.2, 0.25) is 0 Å². The second-order valence-electron chi connectivity index (χ2n) is 10.7. The maximum atomic E-state index is 11.5. The van der Waals surface area contributed by atoms with Crippen LogP contribution in [0.1, 0.15) is 78.1 Å². The molecule has 0 aliphatic carbocycles. The molecule has 220 valence electrons. The molecule has 0 fully saturated rings. The van der Waals surface area contributed by atoms with E-state index in [9.17, 15) is 19.8 Å². The molecule has 3 aromatic heterocycles. The highest BCUT2D eigenvalue weighted by Crippen LogP contribution is 2.36. The van der Waals surface area contributed by atoms with Crippen LogP contribution < -0.4 is 0 Å². The Morgan fingerprint density at radius 3 is 1.91 bits per heavy atom. The van der Waals surface area contributed by atoms with E-state index < -0.39 is 11.9 Å². The van der Waals surface area contributed by atoms with Crippen LogP contribution in [0.3, 0.4) is 0 Å². The summed E-state index contributed by atoms with van der Waals surface area (Å²) in [5, 5.41) is 18.9. The zero-order valence-electron chi connectivity index (χ0n) is 24.3. The smallest absolute Gasteiger partial charge is 0.303 e. The molecule has 0 amide bonds. The van der Waals surface area contributed by atoms with E-state index in [0.717, 1.165) is 83.7 Å². The fourth-order valence-corrected chi connectivity index (χ4v) is 5.77. The van der Waals surface area contributed by atoms with Crippen molar-refractivity contribution in [2.24, 2.45) is 0 Å². The summed E-state index contributed by atoms with van der Waals surface area (Å²) < 4.78 is 0. The third-order valence-corrected chi connectivity index (χ3v) is 8.22. The van der Waals surface area contributed by atoms with Gasteiger partial charge in [-0.2, -0.15) is 0 Å². The number of aromatic amines is 2. The van der Waals surface area contributed by atoms with Gasteiger partial charge in [0.05, 0.1) is 22.8 Å². The van der Waals surface area contributed by atoms with Crippen LogP contribution in [-0.2, 0) is 16.0 Å². The number of nitrogens with zero attached hydrogens (tertiary/aromatic N) is 2. The van der Waals surface area contributed by atoms with E-state index in [2.05, 4.69) is 23.1 Å². The molecule has 4 N–H and O–H groups in total. The first-order valence-corrected chi connectivity index (χ1v) is 13.9. The molecule has 0 spiro atoms. The summed E-state index contributed by atoms with van der Waals surface area (Å²) in [5.41, 5.74) is 13.7. The monoisotopic (exact) mass is 592 g/mol. The van der Waals surface area contributed by atoms with E-state index in [1.807, 2.05) is 58.0 Å². The summed E-state index contributed by atoms with van der Waals surface area (Å²) in [6.07, 6.45) is 4.22. The van der Waals surface area contributed by atoms with Gasteiger partial charge in [-0.1, -0.05) is 25.3 Å². The molecule has 0 saturated carbocycles. The average molecular weight is 593 g/mol. The molecule has 2 aliphatic rings. The maximum Gasteiger partial charge on any atom is 0.303 e. The van der Waals surface area contributed by atoms with Gasteiger partial charge in [-0.25, -0.2) is 9.97 Å². The first-order chi connectivity index (χ1) is 20.0. The van der Waals surface area contributed by atoms with Gasteiger partial charge >= 0.3 is 11.9 Å². The molecule has 0 radical (unpaired) electrons. The third-order valence-electron chi connectivity index (χ3n) is 8.22. The SMILES string of the molecule is C=CC1=C(C)c2cc3[nH]c(cc4nc(cc5[nH]c(cc1n2)c(C)c5CCC(=O)O)C(CCC(=O)O)=C4C)c(C)c3C=C.[AlH3]. The first-order valence-electron chi connectivity index (χ1n) is 13.9. The van der Waals surface area contributed by atoms with Crippen molar-refractivity contribution in [1.82, 2.24) is 19.9 Å². The summed E-state index contributed by atoms with van der Waals surface area (Å²) in [4.78, 5) is 40.0. The minimum Gasteiger partial charge on any atom is -0.481 e. The molecule has 5 rings (SSSR count). The summed E-state index contributed by atoms with van der Waals surface area (Å²) in [6.45, 7) is 16.0. The zero-order valence-corrected chi connectivity index (χ0v) is 24.3. The molecule has 9 heteroatoms. The molecule has 8 nitrogen and oxygen atoms in total. The highest BCUT2D eigenvalue weighted by Gasteiger charge is 2.20. The number of carbonyl (C=O) groups is 2. The van der Waals surface area contributed by atoms with Crippen molar-refractivity contribution in [3.63, 3.8) is 0 Å². The van der Waals surface area contributed by atoms with Crippen molar-refractivity contribution in [2.75, 3.05) is 0 Å². The van der Waals surface area contributed by atoms with Crippen LogP contribution in [0.4, 0.5) is 0 Å². The van der Waals surface area contributed by atoms with Gasteiger partial charge in [-0.05, 0) is 98.2 Å². The zero-order chi connectivity index (χ0) is 30.3. The number of hydrogen-bond donors (Lipinski definition) is 4. The van der Waals surface area contributed by atoms with E-state index in [-0.39, 0.29) is 30.2 Å². The molecule has 0 saturated heterocycles. The van der Waals surface area contributed by atoms with Gasteiger partial charge in [0, 0.05) is 46.0 Å². The Morgan fingerprint density at radius 1 is 0.721 bits per heavy atom. The van der Waals surface area contributed by atoms with Crippen molar-refractivity contribution in [3.8, 4) is 0 Å². The summed E-state index contributed by atoms with van der Waals surface area (Å²) in [6, 6.07) is 7.88. The fourth-order valence-electron chi connectivity index (χ4n) is 5.77. The fraction of sp³-hybridized carbons (Fsp3) is 0.235. The molecular formula is C34H37AlN4O4. The topological polar surface area (TPSA) is 132 Å². The lowest BCUT2D eigenvalue weighted by molar-refractivity contribution is -0.137.